The first-order valence-electron chi connectivity index (χ1n) is 13.3. The number of pyridine rings is 1. The Hall–Kier alpha value is -4.99. The van der Waals surface area contributed by atoms with E-state index in [1.807, 2.05) is 54.6 Å². The van der Waals surface area contributed by atoms with Crippen molar-refractivity contribution in [2.75, 3.05) is 4.90 Å². The molecule has 0 aliphatic heterocycles. The lowest BCUT2D eigenvalue weighted by Crippen LogP contribution is -2.47. The molecule has 2 amide bonds. The van der Waals surface area contributed by atoms with E-state index in [0.29, 0.717) is 22.3 Å². The van der Waals surface area contributed by atoms with Crippen LogP contribution in [-0.2, 0) is 16.1 Å². The lowest BCUT2D eigenvalue weighted by Gasteiger charge is -2.32. The Morgan fingerprint density at radius 1 is 0.950 bits per heavy atom. The molecule has 0 unspecified atom stereocenters. The summed E-state index contributed by atoms with van der Waals surface area (Å²) in [5.74, 6) is -1.52. The largest absolute Gasteiger partial charge is 0.504 e. The minimum atomic E-state index is -1.16. The monoisotopic (exact) mass is 536 g/mol. The fraction of sp³-hybridized carbons (Fsp3) is 0.233. The lowest BCUT2D eigenvalue weighted by atomic mass is 10.0. The molecule has 1 saturated carbocycles. The number of phenolic OH excluding ortho intramolecular Hbond substituents is 2. The van der Waals surface area contributed by atoms with Crippen LogP contribution in [0, 0.1) is 0 Å². The number of carbonyl (C=O) groups is 2. The number of fused-ring (bicyclic) bond motifs is 2. The minimum absolute atomic E-state index is 0.00773. The van der Waals surface area contributed by atoms with Gasteiger partial charge >= 0.3 is 0 Å². The fourth-order valence-electron chi connectivity index (χ4n) is 5.35. The van der Waals surface area contributed by atoms with Crippen molar-refractivity contribution in [3.63, 3.8) is 0 Å². The van der Waals surface area contributed by atoms with Crippen LogP contribution >= 0.6 is 0 Å². The van der Waals surface area contributed by atoms with Crippen LogP contribution in [0.1, 0.15) is 37.3 Å². The highest BCUT2D eigenvalue weighted by atomic mass is 16.3. The Morgan fingerprint density at radius 2 is 1.70 bits per heavy atom. The van der Waals surface area contributed by atoms with Gasteiger partial charge in [-0.1, -0.05) is 54.5 Å². The van der Waals surface area contributed by atoms with Gasteiger partial charge in [0.2, 0.25) is 11.8 Å². The lowest BCUT2D eigenvalue weighted by molar-refractivity contribution is -0.127. The first-order valence-corrected chi connectivity index (χ1v) is 13.3. The number of aromatic hydroxyl groups is 2. The van der Waals surface area contributed by atoms with Gasteiger partial charge in [-0.2, -0.15) is 0 Å². The Labute approximate surface area is 229 Å². The maximum Gasteiger partial charge on any atom is 0.249 e. The summed E-state index contributed by atoms with van der Waals surface area (Å²) < 4.78 is 1.50. The van der Waals surface area contributed by atoms with E-state index in [1.165, 1.54) is 27.8 Å². The summed E-state index contributed by atoms with van der Waals surface area (Å²) in [6.45, 7) is -0.190. The van der Waals surface area contributed by atoms with E-state index in [0.717, 1.165) is 36.6 Å². The van der Waals surface area contributed by atoms with Gasteiger partial charge in [-0.05, 0) is 54.8 Å². The molecule has 1 atom stereocenters. The van der Waals surface area contributed by atoms with Gasteiger partial charge in [0.1, 0.15) is 18.1 Å². The number of hydrogen-bond acceptors (Lipinski definition) is 7. The number of nitrogens with zero attached hydrogens (tertiary/aromatic N) is 5. The number of benzene rings is 3. The van der Waals surface area contributed by atoms with Crippen LogP contribution < -0.4 is 10.2 Å². The van der Waals surface area contributed by atoms with Crippen molar-refractivity contribution in [3.05, 3.63) is 84.6 Å². The molecule has 0 saturated heterocycles. The average Bonchev–Trinajstić information content (AvgIpc) is 3.63. The summed E-state index contributed by atoms with van der Waals surface area (Å²) in [6, 6.07) is 19.7. The SMILES string of the molecule is O=C(NC1CCCC1)[C@H](c1ccc(O)c(O)c1)N(C(=O)Cn1nnc2ccccc21)c1cnc2ccccc2c1. The van der Waals surface area contributed by atoms with Gasteiger partial charge in [-0.15, -0.1) is 5.10 Å². The van der Waals surface area contributed by atoms with E-state index < -0.39 is 11.9 Å². The summed E-state index contributed by atoms with van der Waals surface area (Å²) in [4.78, 5) is 34.2. The van der Waals surface area contributed by atoms with Crippen LogP contribution in [-0.4, -0.2) is 48.0 Å². The molecule has 5 aromatic rings. The average molecular weight is 537 g/mol. The van der Waals surface area contributed by atoms with Crippen molar-refractivity contribution in [2.45, 2.75) is 44.3 Å². The number of rotatable bonds is 7. The van der Waals surface area contributed by atoms with Crippen LogP contribution in [0.25, 0.3) is 21.9 Å². The first kappa shape index (κ1) is 25.3. The van der Waals surface area contributed by atoms with Crippen LogP contribution in [0.5, 0.6) is 11.5 Å². The molecule has 2 heterocycles. The standard InChI is InChI=1S/C30H28N6O4/c37-26-14-13-20(16-27(26)38)29(30(40)32-21-8-2-3-9-21)36(22-15-19-7-1-4-10-23(19)31-17-22)28(39)18-35-25-12-6-5-11-24(25)33-34-35/h1,4-7,10-17,21,29,37-38H,2-3,8-9,18H2,(H,32,40)/t29-/m0/s1. The van der Waals surface area contributed by atoms with Crippen molar-refractivity contribution in [1.29, 1.82) is 0 Å². The van der Waals surface area contributed by atoms with Crippen LogP contribution in [0.2, 0.25) is 0 Å². The van der Waals surface area contributed by atoms with E-state index in [9.17, 15) is 19.8 Å². The summed E-state index contributed by atoms with van der Waals surface area (Å²) in [6.07, 6.45) is 5.32. The number of para-hydroxylation sites is 2. The third-order valence-electron chi connectivity index (χ3n) is 7.35. The molecule has 1 fully saturated rings. The second-order valence-electron chi connectivity index (χ2n) is 10.0. The van der Waals surface area contributed by atoms with Gasteiger partial charge in [-0.25, -0.2) is 4.68 Å². The number of aromatic nitrogens is 4. The zero-order chi connectivity index (χ0) is 27.6. The predicted octanol–water partition coefficient (Wildman–Crippen LogP) is 4.22. The Bertz CT molecular complexity index is 1710. The normalized spacial score (nSPS) is 14.4. The molecule has 2 aromatic heterocycles. The van der Waals surface area contributed by atoms with Gasteiger partial charge in [0.25, 0.3) is 0 Å². The van der Waals surface area contributed by atoms with Crippen molar-refractivity contribution in [2.24, 2.45) is 0 Å². The Kier molecular flexibility index (Phi) is 6.73. The minimum Gasteiger partial charge on any atom is -0.504 e. The van der Waals surface area contributed by atoms with Gasteiger partial charge < -0.3 is 15.5 Å². The summed E-state index contributed by atoms with van der Waals surface area (Å²) in [7, 11) is 0. The highest BCUT2D eigenvalue weighted by molar-refractivity contribution is 6.02. The van der Waals surface area contributed by atoms with Crippen LogP contribution in [0.4, 0.5) is 5.69 Å². The quantitative estimate of drug-likeness (QED) is 0.265. The van der Waals surface area contributed by atoms with Gasteiger partial charge in [-0.3, -0.25) is 19.5 Å². The first-order chi connectivity index (χ1) is 19.5. The number of anilines is 1. The molecule has 3 N–H and O–H groups in total. The van der Waals surface area contributed by atoms with Gasteiger partial charge in [0.05, 0.1) is 22.9 Å². The number of hydrogen-bond donors (Lipinski definition) is 3. The topological polar surface area (TPSA) is 133 Å². The highest BCUT2D eigenvalue weighted by Crippen LogP contribution is 2.35. The van der Waals surface area contributed by atoms with Crippen LogP contribution in [0.3, 0.4) is 0 Å². The molecule has 1 aliphatic rings. The number of nitrogens with one attached hydrogen (secondary N) is 1. The van der Waals surface area contributed by atoms with Crippen molar-refractivity contribution >= 4 is 39.4 Å². The van der Waals surface area contributed by atoms with Crippen molar-refractivity contribution in [3.8, 4) is 11.5 Å². The molecule has 10 heteroatoms. The molecule has 6 rings (SSSR count). The highest BCUT2D eigenvalue weighted by Gasteiger charge is 2.35. The number of carbonyl (C=O) groups excluding carboxylic acids is 2. The predicted molar refractivity (Wildman–Crippen MR) is 150 cm³/mol. The second kappa shape index (κ2) is 10.6. The number of phenols is 2. The molecule has 0 spiro atoms. The number of amides is 2. The zero-order valence-corrected chi connectivity index (χ0v) is 21.6. The third-order valence-corrected chi connectivity index (χ3v) is 7.35. The molecule has 0 radical (unpaired) electrons. The molecule has 0 bridgehead atoms. The van der Waals surface area contributed by atoms with E-state index >= 15 is 0 Å². The third kappa shape index (κ3) is 4.91. The molecule has 202 valence electrons. The molecule has 10 nitrogen and oxygen atoms in total. The summed E-state index contributed by atoms with van der Waals surface area (Å²) in [5.41, 5.74) is 2.83. The van der Waals surface area contributed by atoms with Crippen molar-refractivity contribution in [1.82, 2.24) is 25.3 Å². The zero-order valence-electron chi connectivity index (χ0n) is 21.6. The Morgan fingerprint density at radius 3 is 2.50 bits per heavy atom. The van der Waals surface area contributed by atoms with E-state index in [-0.39, 0.29) is 30.0 Å². The van der Waals surface area contributed by atoms with Gasteiger partial charge in [0.15, 0.2) is 11.5 Å². The summed E-state index contributed by atoms with van der Waals surface area (Å²) in [5, 5.41) is 32.6. The van der Waals surface area contributed by atoms with Crippen molar-refractivity contribution < 1.29 is 19.8 Å². The maximum atomic E-state index is 14.2. The molecule has 3 aromatic carbocycles. The smallest absolute Gasteiger partial charge is 0.249 e. The second-order valence-corrected chi connectivity index (χ2v) is 10.0. The molecule has 1 aliphatic carbocycles. The summed E-state index contributed by atoms with van der Waals surface area (Å²) >= 11 is 0. The van der Waals surface area contributed by atoms with E-state index in [1.54, 1.807) is 6.20 Å². The van der Waals surface area contributed by atoms with Gasteiger partial charge in [0, 0.05) is 11.4 Å². The molecule has 40 heavy (non-hydrogen) atoms. The molecular formula is C30H28N6O4. The Balaban J connectivity index is 1.47. The van der Waals surface area contributed by atoms with Crippen LogP contribution in [0.15, 0.2) is 79.0 Å². The fourth-order valence-corrected chi connectivity index (χ4v) is 5.35. The van der Waals surface area contributed by atoms with E-state index in [4.69, 9.17) is 0 Å². The van der Waals surface area contributed by atoms with E-state index in [2.05, 4.69) is 20.6 Å². The molecular weight excluding hydrogens is 508 g/mol. The maximum absolute atomic E-state index is 14.2.